The molecule has 0 saturated heterocycles. The summed E-state index contributed by atoms with van der Waals surface area (Å²) in [4.78, 5) is 3.00. The maximum Gasteiger partial charge on any atom is 2.00 e. The number of hydrogen-bond acceptors (Lipinski definition) is 0. The normalized spacial score (nSPS) is 2.29. The van der Waals surface area contributed by atoms with Crippen molar-refractivity contribution in [3.63, 3.8) is 0 Å². The summed E-state index contributed by atoms with van der Waals surface area (Å²) in [7, 11) is 0. The van der Waals surface area contributed by atoms with E-state index in [9.17, 15) is 0 Å². The van der Waals surface area contributed by atoms with Crippen LogP contribution in [0.1, 0.15) is 0 Å². The van der Waals surface area contributed by atoms with Gasteiger partial charge >= 0.3 is 21.1 Å². The minimum atomic E-state index is 0. The van der Waals surface area contributed by atoms with Gasteiger partial charge in [0, 0.05) is 0 Å². The number of nitrogens with zero attached hydrogens (tertiary/aromatic N) is 6. The molecule has 0 spiro atoms. The SMILES string of the molecule is [N-]=[N+]=[N-].[N-]=[N+]=[N-].[Pt+2]. The molecular weight excluding hydrogens is 279 g/mol. The fraction of sp³-hybridized carbons (Fsp3) is 0. The molecule has 6 nitrogen and oxygen atoms in total. The van der Waals surface area contributed by atoms with Gasteiger partial charge in [-0.3, -0.25) is 9.82 Å². The van der Waals surface area contributed by atoms with E-state index in [2.05, 4.69) is 0 Å². The molecule has 0 N–H and O–H groups in total. The van der Waals surface area contributed by atoms with E-state index in [1.807, 2.05) is 0 Å². The van der Waals surface area contributed by atoms with Gasteiger partial charge in [0.2, 0.25) is 0 Å². The molecule has 0 aromatic rings. The molecule has 0 radical (unpaired) electrons. The van der Waals surface area contributed by atoms with E-state index in [-0.39, 0.29) is 21.1 Å². The molecule has 0 aliphatic carbocycles. The molecule has 0 aliphatic rings. The van der Waals surface area contributed by atoms with E-state index in [0.29, 0.717) is 0 Å². The Hall–Kier alpha value is -0.692. The smallest absolute Gasteiger partial charge is 0.373 e. The zero-order valence-electron chi connectivity index (χ0n) is 3.00. The first-order chi connectivity index (χ1) is 2.83. The quantitative estimate of drug-likeness (QED) is 0.364. The average molecular weight is 279 g/mol. The van der Waals surface area contributed by atoms with Crippen LogP contribution in [0.3, 0.4) is 0 Å². The third-order valence-electron chi connectivity index (χ3n) is 0. The van der Waals surface area contributed by atoms with E-state index in [4.69, 9.17) is 22.1 Å². The van der Waals surface area contributed by atoms with Crippen LogP contribution in [-0.2, 0) is 21.1 Å². The van der Waals surface area contributed by atoms with Crippen molar-refractivity contribution in [3.05, 3.63) is 31.9 Å². The van der Waals surface area contributed by atoms with Crippen LogP contribution in [0, 0.1) is 0 Å². The summed E-state index contributed by atoms with van der Waals surface area (Å²) < 4.78 is 0. The Morgan fingerprint density at radius 2 is 0.714 bits per heavy atom. The van der Waals surface area contributed by atoms with Gasteiger partial charge in [0.25, 0.3) is 0 Å². The van der Waals surface area contributed by atoms with E-state index in [1.165, 1.54) is 9.82 Å². The molecule has 0 bridgehead atoms. The Morgan fingerprint density at radius 3 is 0.714 bits per heavy atom. The molecule has 0 aliphatic heterocycles. The Bertz CT molecular complexity index is 58.2. The van der Waals surface area contributed by atoms with Crippen molar-refractivity contribution in [1.82, 2.24) is 0 Å². The van der Waals surface area contributed by atoms with Gasteiger partial charge in [-0.25, -0.2) is 0 Å². The predicted octanol–water partition coefficient (Wildman–Crippen LogP) is 1.73. The van der Waals surface area contributed by atoms with Crippen molar-refractivity contribution < 1.29 is 21.1 Å². The summed E-state index contributed by atoms with van der Waals surface area (Å²) in [6.07, 6.45) is 0. The second-order valence-corrected chi connectivity index (χ2v) is 0.179. The van der Waals surface area contributed by atoms with Crippen LogP contribution >= 0.6 is 0 Å². The van der Waals surface area contributed by atoms with E-state index in [0.717, 1.165) is 0 Å². The van der Waals surface area contributed by atoms with Gasteiger partial charge in [-0.2, -0.15) is 0 Å². The Kier molecular flexibility index (Phi) is 134. The molecule has 0 heterocycles. The second kappa shape index (κ2) is 57.6. The summed E-state index contributed by atoms with van der Waals surface area (Å²) in [6.45, 7) is 0. The molecule has 0 unspecified atom stereocenters. The first-order valence-electron chi connectivity index (χ1n) is 0.800. The molecule has 40 valence electrons. The van der Waals surface area contributed by atoms with Crippen LogP contribution in [0.25, 0.3) is 31.9 Å². The van der Waals surface area contributed by atoms with Crippen LogP contribution in [0.15, 0.2) is 0 Å². The van der Waals surface area contributed by atoms with Crippen molar-refractivity contribution in [2.24, 2.45) is 0 Å². The van der Waals surface area contributed by atoms with Gasteiger partial charge in [-0.05, 0) is 0 Å². The first kappa shape index (κ1) is 16.2. The van der Waals surface area contributed by atoms with Crippen LogP contribution in [-0.4, -0.2) is 0 Å². The minimum absolute atomic E-state index is 0. The first-order valence-corrected chi connectivity index (χ1v) is 0.800. The van der Waals surface area contributed by atoms with Gasteiger partial charge in [0.1, 0.15) is 0 Å². The van der Waals surface area contributed by atoms with Crippen molar-refractivity contribution in [2.45, 2.75) is 0 Å². The van der Waals surface area contributed by atoms with Crippen LogP contribution in [0.5, 0.6) is 0 Å². The zero-order valence-corrected chi connectivity index (χ0v) is 5.27. The Labute approximate surface area is 53.6 Å². The number of rotatable bonds is 0. The van der Waals surface area contributed by atoms with Gasteiger partial charge in [-0.1, -0.05) is 0 Å². The average Bonchev–Trinajstić information content (AvgIpc) is 1.39. The maximum atomic E-state index is 6.75. The predicted molar refractivity (Wildman–Crippen MR) is 20.2 cm³/mol. The fourth-order valence-corrected chi connectivity index (χ4v) is 0. The topological polar surface area (TPSA) is 117 Å². The molecule has 0 rings (SSSR count). The molecule has 0 aromatic heterocycles. The fourth-order valence-electron chi connectivity index (χ4n) is 0. The molecule has 0 saturated carbocycles. The summed E-state index contributed by atoms with van der Waals surface area (Å²) >= 11 is 0. The summed E-state index contributed by atoms with van der Waals surface area (Å²) in [5.41, 5.74) is 27.0. The van der Waals surface area contributed by atoms with Crippen molar-refractivity contribution >= 4 is 0 Å². The third-order valence-corrected chi connectivity index (χ3v) is 0. The molecule has 0 fully saturated rings. The number of hydrogen-bond donors (Lipinski definition) is 0. The Balaban J connectivity index is -0.0000000400. The molecule has 7 heavy (non-hydrogen) atoms. The van der Waals surface area contributed by atoms with Gasteiger partial charge in [-0.15, -0.1) is 0 Å². The van der Waals surface area contributed by atoms with Gasteiger partial charge in [0.15, 0.2) is 0 Å². The summed E-state index contributed by atoms with van der Waals surface area (Å²) in [6, 6.07) is 0. The minimum Gasteiger partial charge on any atom is -0.373 e. The Morgan fingerprint density at radius 1 is 0.714 bits per heavy atom. The van der Waals surface area contributed by atoms with Crippen molar-refractivity contribution in [3.8, 4) is 0 Å². The van der Waals surface area contributed by atoms with Crippen molar-refractivity contribution in [2.75, 3.05) is 0 Å². The molecular formula is N6Pt. The van der Waals surface area contributed by atoms with Crippen molar-refractivity contribution in [1.29, 1.82) is 0 Å². The molecule has 0 atom stereocenters. The molecule has 0 aromatic carbocycles. The summed E-state index contributed by atoms with van der Waals surface area (Å²) in [5, 5.41) is 0. The van der Waals surface area contributed by atoms with E-state index >= 15 is 0 Å². The summed E-state index contributed by atoms with van der Waals surface area (Å²) in [5.74, 6) is 0. The van der Waals surface area contributed by atoms with E-state index < -0.39 is 0 Å². The standard InChI is InChI=1S/2N3.Pt/c2*1-3-2;/q2*-1;+2. The maximum absolute atomic E-state index is 6.75. The molecule has 0 amide bonds. The zero-order chi connectivity index (χ0) is 5.41. The monoisotopic (exact) mass is 279 g/mol. The van der Waals surface area contributed by atoms with Crippen LogP contribution in [0.2, 0.25) is 0 Å². The second-order valence-electron chi connectivity index (χ2n) is 0.179. The van der Waals surface area contributed by atoms with Gasteiger partial charge < -0.3 is 22.1 Å². The third kappa shape index (κ3) is 121. The van der Waals surface area contributed by atoms with Crippen LogP contribution in [0.4, 0.5) is 0 Å². The van der Waals surface area contributed by atoms with Crippen LogP contribution < -0.4 is 0 Å². The largest absolute Gasteiger partial charge is 2.00 e. The molecule has 7 heteroatoms. The van der Waals surface area contributed by atoms with Gasteiger partial charge in [0.05, 0.1) is 0 Å². The van der Waals surface area contributed by atoms with E-state index in [1.54, 1.807) is 0 Å².